The van der Waals surface area contributed by atoms with Crippen LogP contribution in [-0.2, 0) is 18.0 Å². The number of hydrogen-bond acceptors (Lipinski definition) is 9. The Morgan fingerprint density at radius 2 is 1.34 bits per heavy atom. The van der Waals surface area contributed by atoms with Crippen LogP contribution in [0, 0.1) is 10.1 Å². The van der Waals surface area contributed by atoms with E-state index in [0.717, 1.165) is 17.2 Å². The van der Waals surface area contributed by atoms with Crippen molar-refractivity contribution in [2.75, 3.05) is 12.4 Å². The Balaban J connectivity index is 1.57. The molecule has 0 aliphatic heterocycles. The van der Waals surface area contributed by atoms with E-state index in [-0.39, 0.29) is 47.7 Å². The first kappa shape index (κ1) is 25.8. The van der Waals surface area contributed by atoms with Gasteiger partial charge in [0, 0.05) is 6.07 Å². The minimum absolute atomic E-state index is 0.0152. The summed E-state index contributed by atoms with van der Waals surface area (Å²) in [5, 5.41) is 14.1. The molecule has 0 fully saturated rings. The van der Waals surface area contributed by atoms with Crippen LogP contribution in [-0.4, -0.2) is 33.9 Å². The van der Waals surface area contributed by atoms with Crippen LogP contribution in [0.5, 0.6) is 11.8 Å². The number of nitrogens with zero attached hydrogens (tertiary/aromatic N) is 3. The summed E-state index contributed by atoms with van der Waals surface area (Å²) in [6.07, 6.45) is 0. The molecular weight excluding hydrogens is 492 g/mol. The van der Waals surface area contributed by atoms with E-state index in [1.807, 2.05) is 36.4 Å². The highest BCUT2D eigenvalue weighted by Gasteiger charge is 2.22. The first-order valence-corrected chi connectivity index (χ1v) is 11.3. The first-order chi connectivity index (χ1) is 18.4. The fourth-order valence-electron chi connectivity index (χ4n) is 3.31. The summed E-state index contributed by atoms with van der Waals surface area (Å²) >= 11 is 0. The van der Waals surface area contributed by atoms with Gasteiger partial charge in [-0.1, -0.05) is 60.7 Å². The van der Waals surface area contributed by atoms with Gasteiger partial charge >= 0.3 is 11.7 Å². The molecule has 2 heterocycles. The maximum Gasteiger partial charge on any atom is 0.356 e. The highest BCUT2D eigenvalue weighted by atomic mass is 16.6. The first-order valence-electron chi connectivity index (χ1n) is 11.3. The number of carbonyl (C=O) groups excluding carboxylic acids is 2. The number of rotatable bonds is 10. The monoisotopic (exact) mass is 514 g/mol. The van der Waals surface area contributed by atoms with Crippen LogP contribution in [0.3, 0.4) is 0 Å². The van der Waals surface area contributed by atoms with Crippen molar-refractivity contribution in [1.82, 2.24) is 9.97 Å². The molecule has 0 saturated carbocycles. The van der Waals surface area contributed by atoms with Gasteiger partial charge in [0.05, 0.1) is 12.0 Å². The van der Waals surface area contributed by atoms with Gasteiger partial charge in [-0.15, -0.1) is 0 Å². The topological polar surface area (TPSA) is 143 Å². The standard InChI is InChI=1S/C27H22N4O7/c1-36-27(33)22-13-12-21(25(30-22)37-16-18-8-4-2-5-9-18)28-24(32)20-14-15-23(31(34)35)26(29-20)38-17-19-10-6-3-7-11-19/h2-15H,16-17H2,1H3,(H,28,32). The lowest BCUT2D eigenvalue weighted by molar-refractivity contribution is -0.386. The third-order valence-electron chi connectivity index (χ3n) is 5.21. The molecule has 4 aromatic rings. The highest BCUT2D eigenvalue weighted by Crippen LogP contribution is 2.28. The lowest BCUT2D eigenvalue weighted by Crippen LogP contribution is -2.17. The highest BCUT2D eigenvalue weighted by molar-refractivity contribution is 6.04. The molecule has 4 rings (SSSR count). The predicted molar refractivity (Wildman–Crippen MR) is 136 cm³/mol. The number of esters is 1. The molecule has 0 saturated heterocycles. The van der Waals surface area contributed by atoms with Crippen molar-refractivity contribution in [2.45, 2.75) is 13.2 Å². The number of amides is 1. The predicted octanol–water partition coefficient (Wildman–Crippen LogP) is 4.58. The summed E-state index contributed by atoms with van der Waals surface area (Å²) in [6, 6.07) is 23.5. The normalized spacial score (nSPS) is 10.3. The number of ether oxygens (including phenoxy) is 3. The lowest BCUT2D eigenvalue weighted by atomic mass is 10.2. The van der Waals surface area contributed by atoms with Crippen molar-refractivity contribution in [1.29, 1.82) is 0 Å². The Kier molecular flexibility index (Phi) is 8.19. The van der Waals surface area contributed by atoms with Crippen LogP contribution in [0.4, 0.5) is 11.4 Å². The molecule has 0 spiro atoms. The van der Waals surface area contributed by atoms with Crippen LogP contribution in [0.1, 0.15) is 32.1 Å². The van der Waals surface area contributed by atoms with Gasteiger partial charge in [0.25, 0.3) is 11.8 Å². The number of carbonyl (C=O) groups is 2. The number of hydrogen-bond donors (Lipinski definition) is 1. The molecule has 0 bridgehead atoms. The van der Waals surface area contributed by atoms with Crippen LogP contribution >= 0.6 is 0 Å². The molecule has 2 aromatic heterocycles. The van der Waals surface area contributed by atoms with E-state index in [9.17, 15) is 19.7 Å². The number of aromatic nitrogens is 2. The zero-order valence-electron chi connectivity index (χ0n) is 20.2. The van der Waals surface area contributed by atoms with E-state index in [2.05, 4.69) is 15.3 Å². The Bertz CT molecular complexity index is 1450. The molecule has 1 N–H and O–H groups in total. The van der Waals surface area contributed by atoms with Gasteiger partial charge in [0.2, 0.25) is 5.88 Å². The third-order valence-corrected chi connectivity index (χ3v) is 5.21. The number of benzene rings is 2. The van der Waals surface area contributed by atoms with Gasteiger partial charge in [-0.05, 0) is 29.3 Å². The van der Waals surface area contributed by atoms with Crippen molar-refractivity contribution in [3.05, 3.63) is 118 Å². The van der Waals surface area contributed by atoms with Gasteiger partial charge in [0.1, 0.15) is 24.6 Å². The number of nitrogens with one attached hydrogen (secondary N) is 1. The van der Waals surface area contributed by atoms with Gasteiger partial charge in [0.15, 0.2) is 5.69 Å². The smallest absolute Gasteiger partial charge is 0.356 e. The lowest BCUT2D eigenvalue weighted by Gasteiger charge is -2.13. The minimum atomic E-state index is -0.693. The van der Waals surface area contributed by atoms with E-state index in [1.54, 1.807) is 24.3 Å². The minimum Gasteiger partial charge on any atom is -0.471 e. The van der Waals surface area contributed by atoms with E-state index >= 15 is 0 Å². The zero-order chi connectivity index (χ0) is 26.9. The molecule has 192 valence electrons. The largest absolute Gasteiger partial charge is 0.471 e. The van der Waals surface area contributed by atoms with E-state index in [1.165, 1.54) is 25.3 Å². The van der Waals surface area contributed by atoms with Crippen LogP contribution < -0.4 is 14.8 Å². The maximum absolute atomic E-state index is 13.0. The summed E-state index contributed by atoms with van der Waals surface area (Å²) in [7, 11) is 1.22. The molecule has 2 aromatic carbocycles. The molecule has 0 aliphatic carbocycles. The molecule has 0 aliphatic rings. The van der Waals surface area contributed by atoms with Crippen molar-refractivity contribution >= 4 is 23.3 Å². The van der Waals surface area contributed by atoms with Crippen molar-refractivity contribution in [2.24, 2.45) is 0 Å². The summed E-state index contributed by atoms with van der Waals surface area (Å²) in [5.41, 5.74) is 1.24. The number of nitro groups is 1. The van der Waals surface area contributed by atoms with Crippen LogP contribution in [0.2, 0.25) is 0 Å². The molecule has 0 unspecified atom stereocenters. The van der Waals surface area contributed by atoms with E-state index < -0.39 is 16.8 Å². The van der Waals surface area contributed by atoms with Gasteiger partial charge < -0.3 is 19.5 Å². The second-order valence-corrected chi connectivity index (χ2v) is 7.82. The molecule has 38 heavy (non-hydrogen) atoms. The Hall–Kier alpha value is -5.32. The Morgan fingerprint density at radius 3 is 1.92 bits per heavy atom. The van der Waals surface area contributed by atoms with Crippen molar-refractivity contribution < 1.29 is 28.7 Å². The molecule has 11 heteroatoms. The van der Waals surface area contributed by atoms with Gasteiger partial charge in [-0.2, -0.15) is 0 Å². The summed E-state index contributed by atoms with van der Waals surface area (Å²) in [5.74, 6) is -1.69. The van der Waals surface area contributed by atoms with E-state index in [0.29, 0.717) is 0 Å². The quantitative estimate of drug-likeness (QED) is 0.183. The average molecular weight is 514 g/mol. The molecule has 0 radical (unpaired) electrons. The fraction of sp³-hybridized carbons (Fsp3) is 0.111. The van der Waals surface area contributed by atoms with Crippen LogP contribution in [0.15, 0.2) is 84.9 Å². The SMILES string of the molecule is COC(=O)c1ccc(NC(=O)c2ccc([N+](=O)[O-])c(OCc3ccccc3)n2)c(OCc2ccccc2)n1. The summed E-state index contributed by atoms with van der Waals surface area (Å²) in [6.45, 7) is 0.144. The molecule has 1 amide bonds. The average Bonchev–Trinajstić information content (AvgIpc) is 2.95. The number of methoxy groups -OCH3 is 1. The Morgan fingerprint density at radius 1 is 0.789 bits per heavy atom. The van der Waals surface area contributed by atoms with E-state index in [4.69, 9.17) is 14.2 Å². The van der Waals surface area contributed by atoms with Gasteiger partial charge in [-0.25, -0.2) is 14.8 Å². The third kappa shape index (κ3) is 6.46. The van der Waals surface area contributed by atoms with Crippen molar-refractivity contribution in [3.8, 4) is 11.8 Å². The Labute approximate surface area is 217 Å². The summed E-state index contributed by atoms with van der Waals surface area (Å²) < 4.78 is 16.1. The van der Waals surface area contributed by atoms with Gasteiger partial charge in [-0.3, -0.25) is 14.9 Å². The fourth-order valence-corrected chi connectivity index (χ4v) is 3.31. The van der Waals surface area contributed by atoms with Crippen LogP contribution in [0.25, 0.3) is 0 Å². The van der Waals surface area contributed by atoms with Crippen molar-refractivity contribution in [3.63, 3.8) is 0 Å². The molecule has 0 atom stereocenters. The molecule has 11 nitrogen and oxygen atoms in total. The molecular formula is C27H22N4O7. The second kappa shape index (κ2) is 12.1. The summed E-state index contributed by atoms with van der Waals surface area (Å²) in [4.78, 5) is 44.1. The zero-order valence-corrected chi connectivity index (χ0v) is 20.2. The maximum atomic E-state index is 13.0. The second-order valence-electron chi connectivity index (χ2n) is 7.82. The number of anilines is 1. The number of pyridine rings is 2.